The molecule has 1 aliphatic rings. The number of nitrogen functional groups attached to an aromatic ring is 1. The first-order chi connectivity index (χ1) is 15.3. The molecule has 0 radical (unpaired) electrons. The van der Waals surface area contributed by atoms with E-state index in [2.05, 4.69) is 32.4 Å². The summed E-state index contributed by atoms with van der Waals surface area (Å²) in [6.07, 6.45) is -3.54. The number of nitrogens with zero attached hydrogens (tertiary/aromatic N) is 3. The van der Waals surface area contributed by atoms with Gasteiger partial charge in [-0.1, -0.05) is 6.92 Å². The van der Waals surface area contributed by atoms with Gasteiger partial charge in [0.15, 0.2) is 0 Å². The van der Waals surface area contributed by atoms with Gasteiger partial charge in [-0.2, -0.15) is 18.2 Å². The minimum absolute atomic E-state index is 0.00102. The number of likely N-dealkylation sites (N-methyl/N-ethyl adjacent to an activating group) is 1. The molecule has 0 aliphatic carbocycles. The molecule has 0 saturated carbocycles. The molecular weight excluding hydrogens is 421 g/mol. The van der Waals surface area contributed by atoms with Crippen molar-refractivity contribution in [3.8, 4) is 5.75 Å². The summed E-state index contributed by atoms with van der Waals surface area (Å²) in [5.41, 5.74) is 5.69. The fraction of sp³-hybridized carbons (Fsp3) is 0.364. The Hall–Kier alpha value is -3.27. The van der Waals surface area contributed by atoms with Gasteiger partial charge >= 0.3 is 6.18 Å². The van der Waals surface area contributed by atoms with Crippen LogP contribution < -0.4 is 26.0 Å². The number of alkyl halides is 3. The third-order valence-electron chi connectivity index (χ3n) is 5.40. The minimum atomic E-state index is -4.51. The first-order valence-electron chi connectivity index (χ1n) is 10.4. The molecule has 170 valence electrons. The average molecular weight is 446 g/mol. The normalized spacial score (nSPS) is 16.5. The van der Waals surface area contributed by atoms with E-state index in [1.54, 1.807) is 13.2 Å². The molecule has 2 aromatic carbocycles. The maximum Gasteiger partial charge on any atom is 0.416 e. The smallest absolute Gasteiger partial charge is 0.416 e. The van der Waals surface area contributed by atoms with Gasteiger partial charge in [0.25, 0.3) is 0 Å². The summed E-state index contributed by atoms with van der Waals surface area (Å²) in [7, 11) is 1.59. The number of nitrogens with two attached hydrogens (primary N) is 1. The predicted molar refractivity (Wildman–Crippen MR) is 120 cm³/mol. The topological polar surface area (TPSA) is 88.3 Å². The molecule has 0 bridgehead atoms. The van der Waals surface area contributed by atoms with Crippen LogP contribution in [0.25, 0.3) is 10.9 Å². The van der Waals surface area contributed by atoms with Crippen LogP contribution in [0, 0.1) is 0 Å². The number of anilines is 4. The van der Waals surface area contributed by atoms with Crippen LogP contribution in [0.4, 0.5) is 36.3 Å². The van der Waals surface area contributed by atoms with Crippen LogP contribution in [0.3, 0.4) is 0 Å². The molecular formula is C22H25F3N6O. The standard InChI is InChI=1S/C22H25F3N6O/c1-3-27-15-6-7-31(12-15)20-18-11-17(32-2)4-5-19(18)29-21(30-20)28-16-9-13(22(23,24)25)8-14(26)10-16/h4-5,8-11,15,27H,3,6-7,12,26H2,1-2H3,(H,28,29,30). The monoisotopic (exact) mass is 446 g/mol. The Balaban J connectivity index is 1.74. The highest BCUT2D eigenvalue weighted by Crippen LogP contribution is 2.35. The molecule has 0 spiro atoms. The van der Waals surface area contributed by atoms with Gasteiger partial charge in [-0.15, -0.1) is 0 Å². The zero-order valence-electron chi connectivity index (χ0n) is 17.8. The Bertz CT molecular complexity index is 1120. The van der Waals surface area contributed by atoms with Crippen molar-refractivity contribution in [2.75, 3.05) is 42.7 Å². The molecule has 4 N–H and O–H groups in total. The average Bonchev–Trinajstić information content (AvgIpc) is 3.20. The summed E-state index contributed by atoms with van der Waals surface area (Å²) in [5.74, 6) is 1.58. The molecule has 1 aromatic heterocycles. The number of ether oxygens (including phenoxy) is 1. The van der Waals surface area contributed by atoms with Crippen LogP contribution in [0.1, 0.15) is 18.9 Å². The highest BCUT2D eigenvalue weighted by atomic mass is 19.4. The summed E-state index contributed by atoms with van der Waals surface area (Å²) in [4.78, 5) is 11.3. The lowest BCUT2D eigenvalue weighted by atomic mass is 10.1. The third kappa shape index (κ3) is 4.64. The van der Waals surface area contributed by atoms with Crippen LogP contribution >= 0.6 is 0 Å². The number of benzene rings is 2. The molecule has 1 saturated heterocycles. The third-order valence-corrected chi connectivity index (χ3v) is 5.40. The van der Waals surface area contributed by atoms with E-state index in [0.717, 1.165) is 43.6 Å². The second kappa shape index (κ2) is 8.70. The number of aromatic nitrogens is 2. The van der Waals surface area contributed by atoms with Gasteiger partial charge in [-0.25, -0.2) is 4.98 Å². The fourth-order valence-corrected chi connectivity index (χ4v) is 3.94. The van der Waals surface area contributed by atoms with Crippen LogP contribution in [0.15, 0.2) is 36.4 Å². The van der Waals surface area contributed by atoms with Crippen molar-refractivity contribution < 1.29 is 17.9 Å². The first-order valence-corrected chi connectivity index (χ1v) is 10.4. The van der Waals surface area contributed by atoms with E-state index in [0.29, 0.717) is 23.1 Å². The Morgan fingerprint density at radius 1 is 1.19 bits per heavy atom. The summed E-state index contributed by atoms with van der Waals surface area (Å²) < 4.78 is 44.9. The van der Waals surface area contributed by atoms with Gasteiger partial charge in [0.05, 0.1) is 18.2 Å². The van der Waals surface area contributed by atoms with Crippen LogP contribution in [0.5, 0.6) is 5.75 Å². The van der Waals surface area contributed by atoms with E-state index in [-0.39, 0.29) is 17.3 Å². The highest BCUT2D eigenvalue weighted by Gasteiger charge is 2.31. The molecule has 1 atom stereocenters. The molecule has 2 heterocycles. The van der Waals surface area contributed by atoms with E-state index >= 15 is 0 Å². The lowest BCUT2D eigenvalue weighted by molar-refractivity contribution is -0.137. The molecule has 32 heavy (non-hydrogen) atoms. The van der Waals surface area contributed by atoms with Gasteiger partial charge < -0.3 is 26.0 Å². The number of hydrogen-bond donors (Lipinski definition) is 3. The number of nitrogens with one attached hydrogen (secondary N) is 2. The van der Waals surface area contributed by atoms with E-state index in [4.69, 9.17) is 10.5 Å². The summed E-state index contributed by atoms with van der Waals surface area (Å²) >= 11 is 0. The zero-order chi connectivity index (χ0) is 22.9. The predicted octanol–water partition coefficient (Wildman–Crippen LogP) is 4.17. The van der Waals surface area contributed by atoms with Gasteiger partial charge in [0.2, 0.25) is 5.95 Å². The van der Waals surface area contributed by atoms with E-state index in [1.165, 1.54) is 6.07 Å². The first kappa shape index (κ1) is 21.9. The van der Waals surface area contributed by atoms with Crippen LogP contribution in [-0.2, 0) is 6.18 Å². The van der Waals surface area contributed by atoms with Crippen molar-refractivity contribution in [2.45, 2.75) is 25.6 Å². The SMILES string of the molecule is CCNC1CCN(c2nc(Nc3cc(N)cc(C(F)(F)F)c3)nc3ccc(OC)cc23)C1. The number of methoxy groups -OCH3 is 1. The molecule has 1 unspecified atom stereocenters. The maximum absolute atomic E-state index is 13.2. The second-order valence-corrected chi connectivity index (χ2v) is 7.71. The molecule has 1 fully saturated rings. The molecule has 10 heteroatoms. The molecule has 1 aliphatic heterocycles. The second-order valence-electron chi connectivity index (χ2n) is 7.71. The number of hydrogen-bond acceptors (Lipinski definition) is 7. The number of fused-ring (bicyclic) bond motifs is 1. The quantitative estimate of drug-likeness (QED) is 0.490. The van der Waals surface area contributed by atoms with Gasteiger partial charge in [-0.05, 0) is 49.4 Å². The van der Waals surface area contributed by atoms with Gasteiger partial charge in [-0.3, -0.25) is 0 Å². The highest BCUT2D eigenvalue weighted by molar-refractivity contribution is 5.92. The van der Waals surface area contributed by atoms with E-state index < -0.39 is 11.7 Å². The Labute approximate surface area is 183 Å². The molecule has 3 aromatic rings. The van der Waals surface area contributed by atoms with E-state index in [9.17, 15) is 13.2 Å². The van der Waals surface area contributed by atoms with Crippen molar-refractivity contribution in [2.24, 2.45) is 0 Å². The van der Waals surface area contributed by atoms with Gasteiger partial charge in [0.1, 0.15) is 11.6 Å². The molecule has 7 nitrogen and oxygen atoms in total. The van der Waals surface area contributed by atoms with Crippen molar-refractivity contribution in [1.82, 2.24) is 15.3 Å². The Morgan fingerprint density at radius 3 is 2.72 bits per heavy atom. The van der Waals surface area contributed by atoms with Crippen LogP contribution in [0.2, 0.25) is 0 Å². The summed E-state index contributed by atoms with van der Waals surface area (Å²) in [6.45, 7) is 4.51. The Kier molecular flexibility index (Phi) is 5.96. The lowest BCUT2D eigenvalue weighted by Gasteiger charge is -2.21. The van der Waals surface area contributed by atoms with Crippen molar-refractivity contribution >= 4 is 34.0 Å². The summed E-state index contributed by atoms with van der Waals surface area (Å²) in [6, 6.07) is 9.13. The minimum Gasteiger partial charge on any atom is -0.497 e. The van der Waals surface area contributed by atoms with E-state index in [1.807, 2.05) is 12.1 Å². The molecule has 0 amide bonds. The van der Waals surface area contributed by atoms with Gasteiger partial charge in [0, 0.05) is 35.9 Å². The molecule has 4 rings (SSSR count). The lowest BCUT2D eigenvalue weighted by Crippen LogP contribution is -2.32. The number of halogens is 3. The van der Waals surface area contributed by atoms with Crippen molar-refractivity contribution in [1.29, 1.82) is 0 Å². The zero-order valence-corrected chi connectivity index (χ0v) is 17.8. The van der Waals surface area contributed by atoms with Crippen molar-refractivity contribution in [3.63, 3.8) is 0 Å². The Morgan fingerprint density at radius 2 is 2.00 bits per heavy atom. The summed E-state index contributed by atoms with van der Waals surface area (Å²) in [5, 5.41) is 7.17. The van der Waals surface area contributed by atoms with Crippen LogP contribution in [-0.4, -0.2) is 42.8 Å². The largest absolute Gasteiger partial charge is 0.497 e. The maximum atomic E-state index is 13.2. The van der Waals surface area contributed by atoms with Crippen molar-refractivity contribution in [3.05, 3.63) is 42.0 Å². The number of rotatable bonds is 6. The fourth-order valence-electron chi connectivity index (χ4n) is 3.94.